The first-order chi connectivity index (χ1) is 13.6. The van der Waals surface area contributed by atoms with E-state index in [-0.39, 0.29) is 17.9 Å². The van der Waals surface area contributed by atoms with Crippen LogP contribution in [-0.2, 0) is 14.3 Å². The Kier molecular flexibility index (Phi) is 7.24. The van der Waals surface area contributed by atoms with Crippen molar-refractivity contribution in [2.24, 2.45) is 0 Å². The molecule has 2 saturated heterocycles. The molecular weight excluding hydrogens is 360 g/mol. The Balaban J connectivity index is 1.43. The van der Waals surface area contributed by atoms with E-state index >= 15 is 0 Å². The van der Waals surface area contributed by atoms with Gasteiger partial charge in [-0.2, -0.15) is 0 Å². The molecule has 1 unspecified atom stereocenters. The number of amides is 2. The van der Waals surface area contributed by atoms with Crippen LogP contribution in [0.15, 0.2) is 24.3 Å². The molecule has 0 spiro atoms. The van der Waals surface area contributed by atoms with Gasteiger partial charge in [-0.1, -0.05) is 0 Å². The van der Waals surface area contributed by atoms with E-state index in [1.807, 2.05) is 36.1 Å². The third kappa shape index (κ3) is 5.43. The number of methoxy groups -OCH3 is 1. The fraction of sp³-hybridized carbons (Fsp3) is 0.600. The Labute approximate surface area is 166 Å². The van der Waals surface area contributed by atoms with Crippen molar-refractivity contribution in [1.29, 1.82) is 0 Å². The van der Waals surface area contributed by atoms with Gasteiger partial charge >= 0.3 is 0 Å². The van der Waals surface area contributed by atoms with Crippen molar-refractivity contribution in [3.63, 3.8) is 0 Å². The maximum absolute atomic E-state index is 12.6. The van der Waals surface area contributed by atoms with Crippen molar-refractivity contribution in [1.82, 2.24) is 14.7 Å². The minimum atomic E-state index is -0.251. The molecule has 154 valence electrons. The lowest BCUT2D eigenvalue weighted by atomic mass is 10.2. The summed E-state index contributed by atoms with van der Waals surface area (Å²) in [5, 5.41) is 2.94. The fourth-order valence-electron chi connectivity index (χ4n) is 3.50. The summed E-state index contributed by atoms with van der Waals surface area (Å²) in [6.07, 6.45) is 0. The predicted molar refractivity (Wildman–Crippen MR) is 106 cm³/mol. The number of benzene rings is 1. The Hall–Kier alpha value is -2.16. The van der Waals surface area contributed by atoms with Crippen molar-refractivity contribution in [2.75, 3.05) is 71.5 Å². The first-order valence-electron chi connectivity index (χ1n) is 9.83. The smallest absolute Gasteiger partial charge is 0.241 e. The molecule has 0 aliphatic carbocycles. The van der Waals surface area contributed by atoms with Gasteiger partial charge in [0.15, 0.2) is 0 Å². The number of rotatable bonds is 6. The SMILES string of the molecule is COc1ccc(NC(=O)C(C)N2CCN(C(=O)CN3CCOCC3)CC2)cc1. The Morgan fingerprint density at radius 2 is 1.71 bits per heavy atom. The zero-order valence-electron chi connectivity index (χ0n) is 16.7. The Morgan fingerprint density at radius 3 is 2.32 bits per heavy atom. The van der Waals surface area contributed by atoms with Crippen LogP contribution in [-0.4, -0.2) is 98.7 Å². The number of nitrogens with zero attached hydrogens (tertiary/aromatic N) is 3. The summed E-state index contributed by atoms with van der Waals surface area (Å²) >= 11 is 0. The van der Waals surface area contributed by atoms with Crippen LogP contribution in [0.5, 0.6) is 5.75 Å². The Morgan fingerprint density at radius 1 is 1.07 bits per heavy atom. The van der Waals surface area contributed by atoms with Gasteiger partial charge < -0.3 is 19.7 Å². The number of nitrogens with one attached hydrogen (secondary N) is 1. The van der Waals surface area contributed by atoms with Crippen molar-refractivity contribution in [3.05, 3.63) is 24.3 Å². The highest BCUT2D eigenvalue weighted by Crippen LogP contribution is 2.16. The number of ether oxygens (including phenoxy) is 2. The molecule has 2 aliphatic rings. The van der Waals surface area contributed by atoms with Crippen LogP contribution in [0.4, 0.5) is 5.69 Å². The molecule has 0 bridgehead atoms. The maximum Gasteiger partial charge on any atom is 0.241 e. The summed E-state index contributed by atoms with van der Waals surface area (Å²) in [5.74, 6) is 0.874. The number of morpholine rings is 1. The molecule has 0 radical (unpaired) electrons. The fourth-order valence-corrected chi connectivity index (χ4v) is 3.50. The zero-order valence-corrected chi connectivity index (χ0v) is 16.7. The lowest BCUT2D eigenvalue weighted by Crippen LogP contribution is -2.55. The summed E-state index contributed by atoms with van der Waals surface area (Å²) in [6, 6.07) is 7.04. The van der Waals surface area contributed by atoms with E-state index in [1.54, 1.807) is 7.11 Å². The second-order valence-corrected chi connectivity index (χ2v) is 7.20. The standard InChI is InChI=1S/C20H30N4O4/c1-16(20(26)21-17-3-5-18(27-2)6-4-17)23-7-9-24(10-8-23)19(25)15-22-11-13-28-14-12-22/h3-6,16H,7-15H2,1-2H3,(H,21,26). The summed E-state index contributed by atoms with van der Waals surface area (Å²) in [6.45, 7) is 8.10. The maximum atomic E-state index is 12.6. The van der Waals surface area contributed by atoms with Gasteiger partial charge in [0.05, 0.1) is 32.9 Å². The minimum Gasteiger partial charge on any atom is -0.497 e. The van der Waals surface area contributed by atoms with Gasteiger partial charge in [0, 0.05) is 45.0 Å². The first kappa shape index (κ1) is 20.6. The highest BCUT2D eigenvalue weighted by molar-refractivity contribution is 5.94. The van der Waals surface area contributed by atoms with Crippen molar-refractivity contribution in [3.8, 4) is 5.75 Å². The molecule has 8 heteroatoms. The second-order valence-electron chi connectivity index (χ2n) is 7.20. The van der Waals surface area contributed by atoms with Crippen LogP contribution in [0.1, 0.15) is 6.92 Å². The molecule has 8 nitrogen and oxygen atoms in total. The highest BCUT2D eigenvalue weighted by Gasteiger charge is 2.28. The van der Waals surface area contributed by atoms with Crippen LogP contribution in [0.2, 0.25) is 0 Å². The lowest BCUT2D eigenvalue weighted by Gasteiger charge is -2.38. The Bertz CT molecular complexity index is 653. The van der Waals surface area contributed by atoms with Gasteiger partial charge in [0.25, 0.3) is 0 Å². The van der Waals surface area contributed by atoms with E-state index in [0.717, 1.165) is 24.5 Å². The van der Waals surface area contributed by atoms with Crippen LogP contribution < -0.4 is 10.1 Å². The molecule has 2 aliphatic heterocycles. The molecule has 1 aromatic rings. The van der Waals surface area contributed by atoms with Gasteiger partial charge in [-0.05, 0) is 31.2 Å². The van der Waals surface area contributed by atoms with Gasteiger partial charge in [-0.15, -0.1) is 0 Å². The van der Waals surface area contributed by atoms with E-state index in [9.17, 15) is 9.59 Å². The first-order valence-corrected chi connectivity index (χ1v) is 9.83. The number of carbonyl (C=O) groups excluding carboxylic acids is 2. The molecule has 2 heterocycles. The lowest BCUT2D eigenvalue weighted by molar-refractivity contribution is -0.135. The topological polar surface area (TPSA) is 74.4 Å². The molecule has 2 fully saturated rings. The van der Waals surface area contributed by atoms with Crippen LogP contribution in [0, 0.1) is 0 Å². The van der Waals surface area contributed by atoms with Crippen LogP contribution in [0.3, 0.4) is 0 Å². The van der Waals surface area contributed by atoms with Gasteiger partial charge in [-0.3, -0.25) is 19.4 Å². The number of carbonyl (C=O) groups is 2. The summed E-state index contributed by atoms with van der Waals surface area (Å²) in [4.78, 5) is 31.2. The third-order valence-electron chi connectivity index (χ3n) is 5.41. The van der Waals surface area contributed by atoms with E-state index in [0.29, 0.717) is 45.9 Å². The van der Waals surface area contributed by atoms with E-state index in [4.69, 9.17) is 9.47 Å². The van der Waals surface area contributed by atoms with Crippen LogP contribution >= 0.6 is 0 Å². The van der Waals surface area contributed by atoms with Crippen molar-refractivity contribution < 1.29 is 19.1 Å². The normalized spacial score (nSPS) is 19.9. The van der Waals surface area contributed by atoms with E-state index < -0.39 is 0 Å². The molecule has 28 heavy (non-hydrogen) atoms. The van der Waals surface area contributed by atoms with Crippen molar-refractivity contribution >= 4 is 17.5 Å². The summed E-state index contributed by atoms with van der Waals surface area (Å²) in [7, 11) is 1.61. The molecule has 0 aromatic heterocycles. The highest BCUT2D eigenvalue weighted by atomic mass is 16.5. The van der Waals surface area contributed by atoms with Gasteiger partial charge in [0.1, 0.15) is 5.75 Å². The average molecular weight is 390 g/mol. The quantitative estimate of drug-likeness (QED) is 0.763. The largest absolute Gasteiger partial charge is 0.497 e. The van der Waals surface area contributed by atoms with Gasteiger partial charge in [0.2, 0.25) is 11.8 Å². The van der Waals surface area contributed by atoms with Crippen LogP contribution in [0.25, 0.3) is 0 Å². The molecular formula is C20H30N4O4. The molecule has 1 aromatic carbocycles. The third-order valence-corrected chi connectivity index (χ3v) is 5.41. The number of piperazine rings is 1. The predicted octanol–water partition coefficient (Wildman–Crippen LogP) is 0.499. The van der Waals surface area contributed by atoms with E-state index in [2.05, 4.69) is 15.1 Å². The number of hydrogen-bond acceptors (Lipinski definition) is 6. The minimum absolute atomic E-state index is 0.0433. The average Bonchev–Trinajstić information content (AvgIpc) is 2.74. The van der Waals surface area contributed by atoms with Gasteiger partial charge in [-0.25, -0.2) is 0 Å². The summed E-state index contributed by atoms with van der Waals surface area (Å²) in [5.41, 5.74) is 0.747. The monoisotopic (exact) mass is 390 g/mol. The number of anilines is 1. The molecule has 1 atom stereocenters. The van der Waals surface area contributed by atoms with E-state index in [1.165, 1.54) is 0 Å². The van der Waals surface area contributed by atoms with Crippen molar-refractivity contribution in [2.45, 2.75) is 13.0 Å². The second kappa shape index (κ2) is 9.86. The molecule has 3 rings (SSSR count). The molecule has 2 amide bonds. The molecule has 1 N–H and O–H groups in total. The summed E-state index contributed by atoms with van der Waals surface area (Å²) < 4.78 is 10.5. The number of hydrogen-bond donors (Lipinski definition) is 1. The molecule has 0 saturated carbocycles. The zero-order chi connectivity index (χ0) is 19.9.